The van der Waals surface area contributed by atoms with Crippen LogP contribution in [0, 0.1) is 11.3 Å². The van der Waals surface area contributed by atoms with Crippen LogP contribution in [0.25, 0.3) is 6.08 Å². The van der Waals surface area contributed by atoms with Crippen molar-refractivity contribution < 1.29 is 4.42 Å². The quantitative estimate of drug-likeness (QED) is 0.739. The number of nitrogens with zero attached hydrogens (tertiary/aromatic N) is 4. The largest absolute Gasteiger partial charge is 0.420 e. The van der Waals surface area contributed by atoms with E-state index in [9.17, 15) is 0 Å². The van der Waals surface area contributed by atoms with Gasteiger partial charge in [0.15, 0.2) is 0 Å². The van der Waals surface area contributed by atoms with Crippen molar-refractivity contribution in [3.05, 3.63) is 18.2 Å². The van der Waals surface area contributed by atoms with E-state index in [4.69, 9.17) is 9.68 Å². The molecule has 0 radical (unpaired) electrons. The Morgan fingerprint density at radius 2 is 2.12 bits per heavy atom. The Kier molecular flexibility index (Phi) is 2.93. The van der Waals surface area contributed by atoms with Gasteiger partial charge in [-0.15, -0.1) is 0 Å². The zero-order chi connectivity index (χ0) is 11.5. The fraction of sp³-hybridized carbons (Fsp3) is 0.455. The molecule has 1 aliphatic rings. The highest BCUT2D eigenvalue weighted by Gasteiger charge is 2.21. The SMILES string of the molecule is C=Cc1nc(C#N)c(N2CCN(C)CC2)o1. The van der Waals surface area contributed by atoms with Crippen LogP contribution in [0.1, 0.15) is 11.6 Å². The molecule has 5 heteroatoms. The molecule has 0 aliphatic carbocycles. The highest BCUT2D eigenvalue weighted by molar-refractivity contribution is 5.51. The molecule has 84 valence electrons. The van der Waals surface area contributed by atoms with E-state index in [2.05, 4.69) is 34.5 Å². The van der Waals surface area contributed by atoms with E-state index < -0.39 is 0 Å². The first kappa shape index (κ1) is 10.7. The first-order valence-corrected chi connectivity index (χ1v) is 5.21. The van der Waals surface area contributed by atoms with E-state index >= 15 is 0 Å². The molecule has 0 spiro atoms. The molecular formula is C11H14N4O. The van der Waals surface area contributed by atoms with Crippen LogP contribution in [0.5, 0.6) is 0 Å². The molecule has 2 heterocycles. The average Bonchev–Trinajstić information content (AvgIpc) is 2.73. The van der Waals surface area contributed by atoms with Gasteiger partial charge < -0.3 is 14.2 Å². The van der Waals surface area contributed by atoms with Crippen LogP contribution in [0.15, 0.2) is 11.0 Å². The number of likely N-dealkylation sites (N-methyl/N-ethyl adjacent to an activating group) is 1. The van der Waals surface area contributed by atoms with E-state index in [0.29, 0.717) is 17.5 Å². The standard InChI is InChI=1S/C11H14N4O/c1-3-10-13-9(8-12)11(16-10)15-6-4-14(2)5-7-15/h3H,1,4-7H2,2H3. The Labute approximate surface area is 94.6 Å². The Morgan fingerprint density at radius 1 is 1.44 bits per heavy atom. The third-order valence-corrected chi connectivity index (χ3v) is 2.70. The maximum Gasteiger partial charge on any atom is 0.235 e. The molecule has 1 fully saturated rings. The van der Waals surface area contributed by atoms with Crippen molar-refractivity contribution in [2.24, 2.45) is 0 Å². The minimum atomic E-state index is 0.347. The normalized spacial score (nSPS) is 17.1. The van der Waals surface area contributed by atoms with Gasteiger partial charge >= 0.3 is 0 Å². The lowest BCUT2D eigenvalue weighted by Crippen LogP contribution is -2.44. The van der Waals surface area contributed by atoms with Crippen LogP contribution in [-0.2, 0) is 0 Å². The summed E-state index contributed by atoms with van der Waals surface area (Å²) in [6.45, 7) is 7.24. The van der Waals surface area contributed by atoms with Gasteiger partial charge in [-0.1, -0.05) is 6.58 Å². The Morgan fingerprint density at radius 3 is 2.69 bits per heavy atom. The summed E-state index contributed by atoms with van der Waals surface area (Å²) in [5, 5.41) is 8.97. The van der Waals surface area contributed by atoms with Crippen molar-refractivity contribution >= 4 is 12.0 Å². The van der Waals surface area contributed by atoms with Crippen molar-refractivity contribution in [1.29, 1.82) is 5.26 Å². The number of rotatable bonds is 2. The van der Waals surface area contributed by atoms with Crippen LogP contribution in [0.2, 0.25) is 0 Å². The monoisotopic (exact) mass is 218 g/mol. The number of piperazine rings is 1. The summed E-state index contributed by atoms with van der Waals surface area (Å²) in [5.41, 5.74) is 0.347. The lowest BCUT2D eigenvalue weighted by molar-refractivity contribution is 0.306. The first-order chi connectivity index (χ1) is 7.74. The van der Waals surface area contributed by atoms with Crippen LogP contribution >= 0.6 is 0 Å². The van der Waals surface area contributed by atoms with Gasteiger partial charge in [0, 0.05) is 26.2 Å². The van der Waals surface area contributed by atoms with Crippen LogP contribution < -0.4 is 4.90 Å². The average molecular weight is 218 g/mol. The third-order valence-electron chi connectivity index (χ3n) is 2.70. The predicted octanol–water partition coefficient (Wildman–Crippen LogP) is 0.941. The molecule has 0 N–H and O–H groups in total. The molecular weight excluding hydrogens is 204 g/mol. The molecule has 0 unspecified atom stereocenters. The minimum Gasteiger partial charge on any atom is -0.420 e. The summed E-state index contributed by atoms with van der Waals surface area (Å²) >= 11 is 0. The lowest BCUT2D eigenvalue weighted by Gasteiger charge is -2.31. The van der Waals surface area contributed by atoms with Crippen molar-refractivity contribution in [2.75, 3.05) is 38.1 Å². The first-order valence-electron chi connectivity index (χ1n) is 5.21. The molecule has 0 bridgehead atoms. The van der Waals surface area contributed by atoms with Gasteiger partial charge in [-0.2, -0.15) is 10.2 Å². The van der Waals surface area contributed by atoms with E-state index in [-0.39, 0.29) is 0 Å². The molecule has 0 aromatic carbocycles. The number of aromatic nitrogens is 1. The zero-order valence-electron chi connectivity index (χ0n) is 9.31. The van der Waals surface area contributed by atoms with Crippen LogP contribution in [-0.4, -0.2) is 43.1 Å². The zero-order valence-corrected chi connectivity index (χ0v) is 9.31. The van der Waals surface area contributed by atoms with Gasteiger partial charge in [-0.3, -0.25) is 0 Å². The topological polar surface area (TPSA) is 56.3 Å². The van der Waals surface area contributed by atoms with Gasteiger partial charge in [0.25, 0.3) is 0 Å². The molecule has 0 atom stereocenters. The molecule has 0 amide bonds. The molecule has 1 aromatic heterocycles. The predicted molar refractivity (Wildman–Crippen MR) is 61.0 cm³/mol. The molecule has 1 aliphatic heterocycles. The van der Waals surface area contributed by atoms with Gasteiger partial charge in [-0.25, -0.2) is 0 Å². The third kappa shape index (κ3) is 1.92. The van der Waals surface area contributed by atoms with E-state index in [0.717, 1.165) is 26.2 Å². The summed E-state index contributed by atoms with van der Waals surface area (Å²) in [6.07, 6.45) is 1.51. The Balaban J connectivity index is 2.23. The van der Waals surface area contributed by atoms with E-state index in [1.54, 1.807) is 0 Å². The van der Waals surface area contributed by atoms with Crippen molar-refractivity contribution in [3.63, 3.8) is 0 Å². The maximum absolute atomic E-state index is 8.97. The van der Waals surface area contributed by atoms with Gasteiger partial charge in [0.05, 0.1) is 0 Å². The number of nitriles is 1. The lowest BCUT2D eigenvalue weighted by atomic mass is 10.3. The highest BCUT2D eigenvalue weighted by Crippen LogP contribution is 2.23. The maximum atomic E-state index is 8.97. The molecule has 16 heavy (non-hydrogen) atoms. The van der Waals surface area contributed by atoms with E-state index in [1.807, 2.05) is 0 Å². The second-order valence-electron chi connectivity index (χ2n) is 3.81. The number of anilines is 1. The van der Waals surface area contributed by atoms with Gasteiger partial charge in [0.1, 0.15) is 6.07 Å². The molecule has 1 saturated heterocycles. The number of hydrogen-bond donors (Lipinski definition) is 0. The Hall–Kier alpha value is -1.80. The second-order valence-corrected chi connectivity index (χ2v) is 3.81. The summed E-state index contributed by atoms with van der Waals surface area (Å²) in [4.78, 5) is 8.34. The highest BCUT2D eigenvalue weighted by atomic mass is 16.4. The summed E-state index contributed by atoms with van der Waals surface area (Å²) in [6, 6.07) is 2.05. The van der Waals surface area contributed by atoms with Crippen molar-refractivity contribution in [1.82, 2.24) is 9.88 Å². The molecule has 0 saturated carbocycles. The van der Waals surface area contributed by atoms with Gasteiger partial charge in [-0.05, 0) is 13.1 Å². The summed E-state index contributed by atoms with van der Waals surface area (Å²) < 4.78 is 5.49. The molecule has 2 rings (SSSR count). The van der Waals surface area contributed by atoms with Crippen molar-refractivity contribution in [3.8, 4) is 6.07 Å². The van der Waals surface area contributed by atoms with Crippen molar-refractivity contribution in [2.45, 2.75) is 0 Å². The molecule has 1 aromatic rings. The minimum absolute atomic E-state index is 0.347. The van der Waals surface area contributed by atoms with E-state index in [1.165, 1.54) is 6.08 Å². The van der Waals surface area contributed by atoms with Gasteiger partial charge in [0.2, 0.25) is 17.5 Å². The fourth-order valence-corrected chi connectivity index (χ4v) is 1.71. The summed E-state index contributed by atoms with van der Waals surface area (Å²) in [5.74, 6) is 0.982. The number of hydrogen-bond acceptors (Lipinski definition) is 5. The molecule has 5 nitrogen and oxygen atoms in total. The van der Waals surface area contributed by atoms with Crippen LogP contribution in [0.3, 0.4) is 0 Å². The fourth-order valence-electron chi connectivity index (χ4n) is 1.71. The smallest absolute Gasteiger partial charge is 0.235 e. The second kappa shape index (κ2) is 4.37. The summed E-state index contributed by atoms with van der Waals surface area (Å²) in [7, 11) is 2.08. The Bertz CT molecular complexity index is 424. The van der Waals surface area contributed by atoms with Crippen LogP contribution in [0.4, 0.5) is 5.88 Å². The number of oxazole rings is 1.